The number of primary amides is 1. The summed E-state index contributed by atoms with van der Waals surface area (Å²) in [6.45, 7) is 0. The fourth-order valence-corrected chi connectivity index (χ4v) is 1.35. The first kappa shape index (κ1) is 8.18. The van der Waals surface area contributed by atoms with Crippen molar-refractivity contribution < 1.29 is 4.79 Å². The van der Waals surface area contributed by atoms with E-state index in [-0.39, 0.29) is 5.56 Å². The molecule has 0 spiro atoms. The zero-order chi connectivity index (χ0) is 9.42. The molecule has 0 aliphatic rings. The molecule has 2 heterocycles. The number of halogens is 1. The first-order valence-corrected chi connectivity index (χ1v) is 4.20. The van der Waals surface area contributed by atoms with Gasteiger partial charge in [-0.1, -0.05) is 0 Å². The Morgan fingerprint density at radius 3 is 3.15 bits per heavy atom. The first-order chi connectivity index (χ1) is 6.18. The molecule has 0 aromatic carbocycles. The quantitative estimate of drug-likeness (QED) is 0.783. The maximum Gasteiger partial charge on any atom is 0.253 e. The lowest BCUT2D eigenvalue weighted by Crippen LogP contribution is -2.12. The van der Waals surface area contributed by atoms with E-state index >= 15 is 0 Å². The maximum absolute atomic E-state index is 10.9. The molecule has 6 heteroatoms. The van der Waals surface area contributed by atoms with E-state index in [9.17, 15) is 4.79 Å². The zero-order valence-electron chi connectivity index (χ0n) is 6.36. The number of fused-ring (bicyclic) bond motifs is 1. The lowest BCUT2D eigenvalue weighted by molar-refractivity contribution is 0.100. The fourth-order valence-electron chi connectivity index (χ4n) is 1.01. The van der Waals surface area contributed by atoms with Gasteiger partial charge in [0.15, 0.2) is 5.65 Å². The van der Waals surface area contributed by atoms with Crippen LogP contribution in [0.3, 0.4) is 0 Å². The van der Waals surface area contributed by atoms with Crippen molar-refractivity contribution in [2.24, 2.45) is 5.73 Å². The largest absolute Gasteiger partial charge is 0.365 e. The van der Waals surface area contributed by atoms with E-state index in [2.05, 4.69) is 32.1 Å². The van der Waals surface area contributed by atoms with Crippen LogP contribution >= 0.6 is 15.9 Å². The van der Waals surface area contributed by atoms with Crippen LogP contribution < -0.4 is 5.73 Å². The van der Waals surface area contributed by atoms with Gasteiger partial charge < -0.3 is 5.73 Å². The summed E-state index contributed by atoms with van der Waals surface area (Å²) in [5.74, 6) is -0.564. The Morgan fingerprint density at radius 2 is 2.46 bits per heavy atom. The minimum Gasteiger partial charge on any atom is -0.365 e. The molecule has 2 N–H and O–H groups in total. The molecular weight excluding hydrogens is 236 g/mol. The topological polar surface area (TPSA) is 73.3 Å². The van der Waals surface area contributed by atoms with Crippen LogP contribution in [0, 0.1) is 6.07 Å². The number of amides is 1. The Balaban J connectivity index is 2.82. The van der Waals surface area contributed by atoms with Gasteiger partial charge in [-0.3, -0.25) is 4.79 Å². The van der Waals surface area contributed by atoms with Gasteiger partial charge >= 0.3 is 0 Å². The van der Waals surface area contributed by atoms with Crippen LogP contribution in [0.2, 0.25) is 0 Å². The van der Waals surface area contributed by atoms with Gasteiger partial charge in [-0.15, -0.1) is 5.10 Å². The second-order valence-corrected chi connectivity index (χ2v) is 3.06. The van der Waals surface area contributed by atoms with E-state index in [0.29, 0.717) is 10.4 Å². The van der Waals surface area contributed by atoms with Crippen molar-refractivity contribution in [3.8, 4) is 0 Å². The van der Waals surface area contributed by atoms with Crippen LogP contribution in [-0.4, -0.2) is 20.5 Å². The predicted molar refractivity (Wildman–Crippen MR) is 48.0 cm³/mol. The van der Waals surface area contributed by atoms with Gasteiger partial charge in [0, 0.05) is 12.3 Å². The van der Waals surface area contributed by atoms with Gasteiger partial charge in [-0.05, 0) is 22.0 Å². The Kier molecular flexibility index (Phi) is 1.77. The van der Waals surface area contributed by atoms with Gasteiger partial charge in [0.2, 0.25) is 4.73 Å². The van der Waals surface area contributed by atoms with Crippen LogP contribution in [0.25, 0.3) is 5.65 Å². The third-order valence-electron chi connectivity index (χ3n) is 1.52. The number of carbonyl (C=O) groups excluding carboxylic acids is 1. The summed E-state index contributed by atoms with van der Waals surface area (Å²) in [6, 6.07) is 4.27. The standard InChI is InChI=1S/C7H4BrN4O/c8-7-10-6-4(5(9)13)2-1-3-12(6)11-7/h1,3H,(H2,9,13). The predicted octanol–water partition coefficient (Wildman–Crippen LogP) is 0.391. The van der Waals surface area contributed by atoms with Gasteiger partial charge in [-0.2, -0.15) is 0 Å². The zero-order valence-corrected chi connectivity index (χ0v) is 7.95. The van der Waals surface area contributed by atoms with Crippen LogP contribution in [0.4, 0.5) is 0 Å². The summed E-state index contributed by atoms with van der Waals surface area (Å²) in [5, 5.41) is 3.95. The molecule has 0 fully saturated rings. The Morgan fingerprint density at radius 1 is 1.69 bits per heavy atom. The summed E-state index contributed by atoms with van der Waals surface area (Å²) in [6.07, 6.45) is 1.64. The van der Waals surface area contributed by atoms with Crippen molar-refractivity contribution >= 4 is 27.5 Å². The van der Waals surface area contributed by atoms with E-state index in [1.165, 1.54) is 4.52 Å². The highest BCUT2D eigenvalue weighted by atomic mass is 79.9. The summed E-state index contributed by atoms with van der Waals surface area (Å²) in [5.41, 5.74) is 5.76. The molecule has 0 aliphatic heterocycles. The van der Waals surface area contributed by atoms with E-state index in [0.717, 1.165) is 0 Å². The molecule has 0 atom stereocenters. The molecule has 65 valence electrons. The number of pyridine rings is 1. The highest BCUT2D eigenvalue weighted by Crippen LogP contribution is 2.10. The molecule has 0 saturated carbocycles. The first-order valence-electron chi connectivity index (χ1n) is 3.41. The molecule has 13 heavy (non-hydrogen) atoms. The van der Waals surface area contributed by atoms with Crippen molar-refractivity contribution in [2.75, 3.05) is 0 Å². The molecule has 1 radical (unpaired) electrons. The summed E-state index contributed by atoms with van der Waals surface area (Å²) < 4.78 is 1.87. The number of carbonyl (C=O) groups is 1. The Labute approximate surface area is 81.7 Å². The molecule has 2 rings (SSSR count). The van der Waals surface area contributed by atoms with Crippen molar-refractivity contribution in [1.82, 2.24) is 14.6 Å². The third kappa shape index (κ3) is 1.29. The van der Waals surface area contributed by atoms with Crippen molar-refractivity contribution in [1.29, 1.82) is 0 Å². The number of hydrogen-bond donors (Lipinski definition) is 1. The molecule has 1 amide bonds. The van der Waals surface area contributed by atoms with Crippen molar-refractivity contribution in [2.45, 2.75) is 0 Å². The van der Waals surface area contributed by atoms with Crippen LogP contribution in [0.1, 0.15) is 10.4 Å². The molecule has 0 saturated heterocycles. The number of aromatic nitrogens is 3. The van der Waals surface area contributed by atoms with Crippen molar-refractivity contribution in [3.63, 3.8) is 0 Å². The van der Waals surface area contributed by atoms with Gasteiger partial charge in [0.05, 0.1) is 5.56 Å². The number of hydrogen-bond acceptors (Lipinski definition) is 3. The molecule has 2 aromatic rings. The lowest BCUT2D eigenvalue weighted by atomic mass is 10.2. The van der Waals surface area contributed by atoms with Crippen LogP contribution in [-0.2, 0) is 0 Å². The molecule has 0 unspecified atom stereocenters. The van der Waals surface area contributed by atoms with Gasteiger partial charge in [0.25, 0.3) is 5.91 Å². The highest BCUT2D eigenvalue weighted by molar-refractivity contribution is 9.10. The summed E-state index contributed by atoms with van der Waals surface area (Å²) in [4.78, 5) is 14.9. The lowest BCUT2D eigenvalue weighted by Gasteiger charge is -1.94. The summed E-state index contributed by atoms with van der Waals surface area (Å²) in [7, 11) is 0. The second-order valence-electron chi connectivity index (χ2n) is 2.35. The van der Waals surface area contributed by atoms with E-state index in [1.807, 2.05) is 0 Å². The molecule has 0 aliphatic carbocycles. The monoisotopic (exact) mass is 239 g/mol. The van der Waals surface area contributed by atoms with Crippen molar-refractivity contribution in [3.05, 3.63) is 28.6 Å². The number of nitrogens with two attached hydrogens (primary N) is 1. The number of nitrogens with zero attached hydrogens (tertiary/aromatic N) is 3. The van der Waals surface area contributed by atoms with E-state index in [4.69, 9.17) is 5.73 Å². The normalized spacial score (nSPS) is 10.5. The fraction of sp³-hybridized carbons (Fsp3) is 0. The molecule has 5 nitrogen and oxygen atoms in total. The minimum absolute atomic E-state index is 0.237. The molecule has 2 aromatic heterocycles. The van der Waals surface area contributed by atoms with E-state index in [1.54, 1.807) is 12.3 Å². The Bertz CT molecular complexity index is 478. The SMILES string of the molecule is NC(=O)c1[c]ccn2nc(Br)nc12. The smallest absolute Gasteiger partial charge is 0.253 e. The van der Waals surface area contributed by atoms with Crippen LogP contribution in [0.5, 0.6) is 0 Å². The highest BCUT2D eigenvalue weighted by Gasteiger charge is 2.09. The van der Waals surface area contributed by atoms with Crippen LogP contribution in [0.15, 0.2) is 17.0 Å². The Hall–Kier alpha value is -1.43. The van der Waals surface area contributed by atoms with Gasteiger partial charge in [-0.25, -0.2) is 9.50 Å². The number of rotatable bonds is 1. The molecule has 0 bridgehead atoms. The molecular formula is C7H4BrN4O. The summed E-state index contributed by atoms with van der Waals surface area (Å²) >= 11 is 3.10. The maximum atomic E-state index is 10.9. The average Bonchev–Trinajstić information content (AvgIpc) is 2.43. The minimum atomic E-state index is -0.564. The third-order valence-corrected chi connectivity index (χ3v) is 1.85. The second kappa shape index (κ2) is 2.81. The van der Waals surface area contributed by atoms with Gasteiger partial charge in [0.1, 0.15) is 0 Å². The van der Waals surface area contributed by atoms with E-state index < -0.39 is 5.91 Å². The average molecular weight is 240 g/mol.